The number of amides is 2. The Labute approximate surface area is 156 Å². The Hall–Kier alpha value is -3.66. The fourth-order valence-electron chi connectivity index (χ4n) is 2.52. The largest absolute Gasteiger partial charge is 0.467 e. The predicted molar refractivity (Wildman–Crippen MR) is 98.9 cm³/mol. The molecule has 0 saturated heterocycles. The Morgan fingerprint density at radius 1 is 1.15 bits per heavy atom. The molecule has 7 nitrogen and oxygen atoms in total. The molecule has 1 atom stereocenters. The summed E-state index contributed by atoms with van der Waals surface area (Å²) >= 11 is 0. The minimum absolute atomic E-state index is 0.180. The van der Waals surface area contributed by atoms with Crippen molar-refractivity contribution in [2.75, 3.05) is 12.4 Å². The highest BCUT2D eigenvalue weighted by atomic mass is 16.5. The molecule has 0 aliphatic heterocycles. The Morgan fingerprint density at radius 2 is 1.89 bits per heavy atom. The molecule has 0 fully saturated rings. The second-order valence-corrected chi connectivity index (χ2v) is 5.83. The van der Waals surface area contributed by atoms with E-state index in [1.54, 1.807) is 42.5 Å². The smallest absolute Gasteiger partial charge is 0.328 e. The average molecular weight is 365 g/mol. The zero-order valence-electron chi connectivity index (χ0n) is 15.0. The fraction of sp³-hybridized carbons (Fsp3) is 0.200. The van der Waals surface area contributed by atoms with Crippen LogP contribution < -0.4 is 10.6 Å². The summed E-state index contributed by atoms with van der Waals surface area (Å²) in [6, 6.07) is 14.3. The van der Waals surface area contributed by atoms with Crippen molar-refractivity contribution in [3.63, 3.8) is 0 Å². The van der Waals surface area contributed by atoms with Crippen molar-refractivity contribution in [1.29, 1.82) is 5.26 Å². The third kappa shape index (κ3) is 5.68. The van der Waals surface area contributed by atoms with Crippen LogP contribution in [-0.2, 0) is 20.7 Å². The summed E-state index contributed by atoms with van der Waals surface area (Å²) in [6.07, 6.45) is 0.180. The van der Waals surface area contributed by atoms with Gasteiger partial charge in [-0.2, -0.15) is 5.26 Å². The molecule has 27 heavy (non-hydrogen) atoms. The third-order valence-electron chi connectivity index (χ3n) is 3.73. The lowest BCUT2D eigenvalue weighted by Crippen LogP contribution is -2.43. The molecule has 2 aromatic carbocycles. The Morgan fingerprint density at radius 3 is 2.56 bits per heavy atom. The van der Waals surface area contributed by atoms with E-state index in [0.717, 1.165) is 5.56 Å². The van der Waals surface area contributed by atoms with Crippen LogP contribution in [0.1, 0.15) is 28.4 Å². The Bertz CT molecular complexity index is 902. The molecular weight excluding hydrogens is 346 g/mol. The molecule has 2 amide bonds. The van der Waals surface area contributed by atoms with Crippen molar-refractivity contribution in [1.82, 2.24) is 5.32 Å². The summed E-state index contributed by atoms with van der Waals surface area (Å²) in [5.41, 5.74) is 1.95. The van der Waals surface area contributed by atoms with E-state index in [2.05, 4.69) is 10.6 Å². The number of nitrogens with one attached hydrogen (secondary N) is 2. The SMILES string of the molecule is COC(=O)[C@H](Cc1cccc(C#N)c1)NC(=O)c1cccc(NC(C)=O)c1. The molecule has 0 heterocycles. The molecule has 7 heteroatoms. The molecule has 0 aromatic heterocycles. The average Bonchev–Trinajstić information content (AvgIpc) is 2.66. The van der Waals surface area contributed by atoms with Crippen LogP contribution in [0.25, 0.3) is 0 Å². The zero-order chi connectivity index (χ0) is 19.8. The molecule has 0 aliphatic rings. The van der Waals surface area contributed by atoms with Crippen LogP contribution in [0.4, 0.5) is 5.69 Å². The number of anilines is 1. The second kappa shape index (κ2) is 9.15. The first-order chi connectivity index (χ1) is 12.9. The van der Waals surface area contributed by atoms with Gasteiger partial charge in [-0.3, -0.25) is 9.59 Å². The topological polar surface area (TPSA) is 108 Å². The van der Waals surface area contributed by atoms with E-state index in [-0.39, 0.29) is 12.3 Å². The zero-order valence-corrected chi connectivity index (χ0v) is 15.0. The molecule has 138 valence electrons. The minimum Gasteiger partial charge on any atom is -0.467 e. The number of ether oxygens (including phenoxy) is 1. The minimum atomic E-state index is -0.916. The molecular formula is C20H19N3O4. The maximum absolute atomic E-state index is 12.5. The van der Waals surface area contributed by atoms with E-state index < -0.39 is 17.9 Å². The molecule has 0 radical (unpaired) electrons. The molecule has 0 spiro atoms. The third-order valence-corrected chi connectivity index (χ3v) is 3.73. The van der Waals surface area contributed by atoms with Gasteiger partial charge < -0.3 is 15.4 Å². The first-order valence-electron chi connectivity index (χ1n) is 8.18. The van der Waals surface area contributed by atoms with Crippen LogP contribution >= 0.6 is 0 Å². The number of rotatable bonds is 6. The van der Waals surface area contributed by atoms with Gasteiger partial charge in [0.25, 0.3) is 5.91 Å². The number of carbonyl (C=O) groups excluding carboxylic acids is 3. The Balaban J connectivity index is 2.18. The molecule has 2 aromatic rings. The lowest BCUT2D eigenvalue weighted by molar-refractivity contribution is -0.142. The van der Waals surface area contributed by atoms with E-state index in [4.69, 9.17) is 10.00 Å². The van der Waals surface area contributed by atoms with Gasteiger partial charge in [0.2, 0.25) is 5.91 Å². The summed E-state index contributed by atoms with van der Waals surface area (Å²) in [6.45, 7) is 1.37. The van der Waals surface area contributed by atoms with Crippen LogP contribution in [0.3, 0.4) is 0 Å². The first-order valence-corrected chi connectivity index (χ1v) is 8.18. The van der Waals surface area contributed by atoms with Gasteiger partial charge in [-0.05, 0) is 35.9 Å². The van der Waals surface area contributed by atoms with Gasteiger partial charge in [0.1, 0.15) is 6.04 Å². The maximum Gasteiger partial charge on any atom is 0.328 e. The predicted octanol–water partition coefficient (Wildman–Crippen LogP) is 2.03. The van der Waals surface area contributed by atoms with Crippen molar-refractivity contribution < 1.29 is 19.1 Å². The van der Waals surface area contributed by atoms with Crippen molar-refractivity contribution >= 4 is 23.5 Å². The van der Waals surface area contributed by atoms with Crippen LogP contribution in [0.15, 0.2) is 48.5 Å². The van der Waals surface area contributed by atoms with Crippen LogP contribution in [-0.4, -0.2) is 30.9 Å². The van der Waals surface area contributed by atoms with Gasteiger partial charge in [0, 0.05) is 24.6 Å². The lowest BCUT2D eigenvalue weighted by Gasteiger charge is -2.17. The number of nitrogens with zero attached hydrogens (tertiary/aromatic N) is 1. The van der Waals surface area contributed by atoms with E-state index in [1.807, 2.05) is 6.07 Å². The van der Waals surface area contributed by atoms with Gasteiger partial charge >= 0.3 is 5.97 Å². The summed E-state index contributed by atoms with van der Waals surface area (Å²) in [5.74, 6) is -1.32. The van der Waals surface area contributed by atoms with Gasteiger partial charge in [0.15, 0.2) is 0 Å². The standard InChI is InChI=1S/C20H19N3O4/c1-13(24)22-17-8-4-7-16(11-17)19(25)23-18(20(26)27-2)10-14-5-3-6-15(9-14)12-21/h3-9,11,18H,10H2,1-2H3,(H,22,24)(H,23,25)/t18-/m0/s1. The number of benzene rings is 2. The number of hydrogen-bond donors (Lipinski definition) is 2. The quantitative estimate of drug-likeness (QED) is 0.762. The van der Waals surface area contributed by atoms with Gasteiger partial charge in [0.05, 0.1) is 18.7 Å². The summed E-state index contributed by atoms with van der Waals surface area (Å²) in [4.78, 5) is 35.8. The summed E-state index contributed by atoms with van der Waals surface area (Å²) < 4.78 is 4.78. The maximum atomic E-state index is 12.5. The van der Waals surface area contributed by atoms with Crippen molar-refractivity contribution in [2.24, 2.45) is 0 Å². The number of hydrogen-bond acceptors (Lipinski definition) is 5. The highest BCUT2D eigenvalue weighted by Crippen LogP contribution is 2.12. The Kier molecular flexibility index (Phi) is 6.67. The van der Waals surface area contributed by atoms with Crippen LogP contribution in [0.5, 0.6) is 0 Å². The summed E-state index contributed by atoms with van der Waals surface area (Å²) in [7, 11) is 1.24. The number of nitriles is 1. The molecule has 2 rings (SSSR count). The van der Waals surface area contributed by atoms with Gasteiger partial charge in [-0.25, -0.2) is 4.79 Å². The van der Waals surface area contributed by atoms with Crippen LogP contribution in [0, 0.1) is 11.3 Å². The van der Waals surface area contributed by atoms with E-state index >= 15 is 0 Å². The fourth-order valence-corrected chi connectivity index (χ4v) is 2.52. The van der Waals surface area contributed by atoms with E-state index in [0.29, 0.717) is 16.8 Å². The molecule has 0 bridgehead atoms. The van der Waals surface area contributed by atoms with Gasteiger partial charge in [-0.1, -0.05) is 18.2 Å². The molecule has 0 aliphatic carbocycles. The number of methoxy groups -OCH3 is 1. The first kappa shape index (κ1) is 19.7. The van der Waals surface area contributed by atoms with E-state index in [9.17, 15) is 14.4 Å². The second-order valence-electron chi connectivity index (χ2n) is 5.83. The highest BCUT2D eigenvalue weighted by molar-refractivity contribution is 5.98. The normalized spacial score (nSPS) is 11.0. The van der Waals surface area contributed by atoms with Crippen molar-refractivity contribution in [3.05, 3.63) is 65.2 Å². The lowest BCUT2D eigenvalue weighted by atomic mass is 10.0. The van der Waals surface area contributed by atoms with Crippen molar-refractivity contribution in [2.45, 2.75) is 19.4 Å². The van der Waals surface area contributed by atoms with Gasteiger partial charge in [-0.15, -0.1) is 0 Å². The van der Waals surface area contributed by atoms with Crippen LogP contribution in [0.2, 0.25) is 0 Å². The van der Waals surface area contributed by atoms with E-state index in [1.165, 1.54) is 20.1 Å². The highest BCUT2D eigenvalue weighted by Gasteiger charge is 2.23. The monoisotopic (exact) mass is 365 g/mol. The molecule has 0 unspecified atom stereocenters. The number of carbonyl (C=O) groups is 3. The molecule has 2 N–H and O–H groups in total. The summed E-state index contributed by atoms with van der Waals surface area (Å²) in [5, 5.41) is 14.2. The molecule has 0 saturated carbocycles. The number of esters is 1. The van der Waals surface area contributed by atoms with Crippen molar-refractivity contribution in [3.8, 4) is 6.07 Å².